The Morgan fingerprint density at radius 1 is 0.230 bits per heavy atom. The van der Waals surface area contributed by atoms with Gasteiger partial charge in [-0.05, 0) is 83.0 Å². The average molecular weight is 1260 g/mol. The van der Waals surface area contributed by atoms with Gasteiger partial charge in [-0.25, -0.2) is 0 Å². The number of hydrogen-bond acceptors (Lipinski definition) is 20. The molecular formula is C66H120O20Si. The van der Waals surface area contributed by atoms with Crippen molar-refractivity contribution >= 4 is 8.56 Å². The van der Waals surface area contributed by atoms with Gasteiger partial charge in [-0.15, -0.1) is 0 Å². The van der Waals surface area contributed by atoms with Gasteiger partial charge >= 0.3 is 8.56 Å². The standard InChI is InChI=1S/C66H120O20Si/c1-63(2,3)57-65(7,8)59-13-17-61(18-14-59)83-53-49-79-45-41-75-37-33-71-29-25-67-21-23-69-27-31-73-35-39-77-43-47-81-51-55-85-87(11,12)86-56-52-82-48-44-78-40-36-74-32-28-70-24-22-68-26-30-72-34-38-76-42-46-80-50-54-84-62-19-15-60(16-20-62)66(9,10)58-64(4,5)6/h13-20H,21-58H2,1-12H3. The van der Waals surface area contributed by atoms with E-state index in [1.165, 1.54) is 11.1 Å². The van der Waals surface area contributed by atoms with Crippen molar-refractivity contribution in [2.24, 2.45) is 10.8 Å². The molecule has 0 aromatic heterocycles. The molecule has 0 aliphatic rings. The Bertz CT molecular complexity index is 1700. The van der Waals surface area contributed by atoms with E-state index >= 15 is 0 Å². The topological polar surface area (TPSA) is 185 Å². The second-order valence-electron chi connectivity index (χ2n) is 24.9. The van der Waals surface area contributed by atoms with E-state index in [1.54, 1.807) is 0 Å². The molecule has 0 fully saturated rings. The quantitative estimate of drug-likeness (QED) is 0.0450. The summed E-state index contributed by atoms with van der Waals surface area (Å²) < 4.78 is 113. The normalized spacial score (nSPS) is 12.6. The van der Waals surface area contributed by atoms with E-state index in [-0.39, 0.29) is 21.7 Å². The van der Waals surface area contributed by atoms with Crippen molar-refractivity contribution in [3.8, 4) is 11.5 Å². The summed E-state index contributed by atoms with van der Waals surface area (Å²) in [6.45, 7) is 44.5. The molecule has 0 aliphatic heterocycles. The number of rotatable bonds is 62. The molecule has 0 aliphatic carbocycles. The zero-order valence-corrected chi connectivity index (χ0v) is 57.2. The van der Waals surface area contributed by atoms with Gasteiger partial charge in [0.1, 0.15) is 24.7 Å². The summed E-state index contributed by atoms with van der Waals surface area (Å²) in [7, 11) is -2.29. The minimum absolute atomic E-state index is 0.114. The molecule has 2 rings (SSSR count). The van der Waals surface area contributed by atoms with Gasteiger partial charge in [-0.1, -0.05) is 93.5 Å². The van der Waals surface area contributed by atoms with Crippen LogP contribution in [-0.4, -0.2) is 246 Å². The highest BCUT2D eigenvalue weighted by Crippen LogP contribution is 2.38. The molecule has 2 aromatic carbocycles. The molecule has 21 heteroatoms. The highest BCUT2D eigenvalue weighted by Gasteiger charge is 2.29. The van der Waals surface area contributed by atoms with Crippen molar-refractivity contribution < 1.29 is 94.1 Å². The summed E-state index contributed by atoms with van der Waals surface area (Å²) in [6, 6.07) is 16.8. The van der Waals surface area contributed by atoms with Crippen molar-refractivity contribution in [1.29, 1.82) is 0 Å². The Labute approximate surface area is 526 Å². The Balaban J connectivity index is 1.18. The van der Waals surface area contributed by atoms with Crippen LogP contribution in [0.2, 0.25) is 13.1 Å². The Morgan fingerprint density at radius 2 is 0.391 bits per heavy atom. The fraction of sp³-hybridized carbons (Fsp3) is 0.818. The zero-order chi connectivity index (χ0) is 63.5. The van der Waals surface area contributed by atoms with Crippen molar-refractivity contribution in [2.45, 2.75) is 106 Å². The van der Waals surface area contributed by atoms with Gasteiger partial charge in [-0.2, -0.15) is 0 Å². The molecule has 0 saturated heterocycles. The lowest BCUT2D eigenvalue weighted by atomic mass is 9.72. The van der Waals surface area contributed by atoms with Gasteiger partial charge in [-0.3, -0.25) is 0 Å². The fourth-order valence-corrected chi connectivity index (χ4v) is 10.5. The molecule has 0 heterocycles. The van der Waals surface area contributed by atoms with E-state index in [9.17, 15) is 0 Å². The maximum absolute atomic E-state index is 5.96. The first-order chi connectivity index (χ1) is 41.8. The van der Waals surface area contributed by atoms with E-state index < -0.39 is 8.56 Å². The molecule has 0 saturated carbocycles. The van der Waals surface area contributed by atoms with Gasteiger partial charge in [0.05, 0.1) is 225 Å². The summed E-state index contributed by atoms with van der Waals surface area (Å²) in [6.07, 6.45) is 2.22. The largest absolute Gasteiger partial charge is 0.491 e. The van der Waals surface area contributed by atoms with Crippen LogP contribution in [-0.2, 0) is 95.5 Å². The van der Waals surface area contributed by atoms with Gasteiger partial charge in [0.2, 0.25) is 0 Å². The van der Waals surface area contributed by atoms with Crippen LogP contribution in [0.3, 0.4) is 0 Å². The van der Waals surface area contributed by atoms with Crippen molar-refractivity contribution in [3.63, 3.8) is 0 Å². The molecule has 0 unspecified atom stereocenters. The third-order valence-corrected chi connectivity index (χ3v) is 14.6. The first kappa shape index (κ1) is 80.6. The number of benzene rings is 2. The van der Waals surface area contributed by atoms with Crippen LogP contribution in [0, 0.1) is 10.8 Å². The minimum atomic E-state index is -2.29. The zero-order valence-electron chi connectivity index (χ0n) is 56.2. The summed E-state index contributed by atoms with van der Waals surface area (Å²) >= 11 is 0. The third-order valence-electron chi connectivity index (χ3n) is 12.8. The second-order valence-corrected chi connectivity index (χ2v) is 28.3. The molecule has 0 amide bonds. The van der Waals surface area contributed by atoms with E-state index in [2.05, 4.69) is 93.5 Å². The van der Waals surface area contributed by atoms with Crippen molar-refractivity contribution in [1.82, 2.24) is 0 Å². The lowest BCUT2D eigenvalue weighted by molar-refractivity contribution is -0.0249. The predicted molar refractivity (Wildman–Crippen MR) is 341 cm³/mol. The van der Waals surface area contributed by atoms with E-state index in [4.69, 9.17) is 94.1 Å². The maximum atomic E-state index is 5.96. The monoisotopic (exact) mass is 1260 g/mol. The predicted octanol–water partition coefficient (Wildman–Crippen LogP) is 9.57. The highest BCUT2D eigenvalue weighted by atomic mass is 28.4. The number of ether oxygens (including phenoxy) is 18. The fourth-order valence-electron chi connectivity index (χ4n) is 9.31. The van der Waals surface area contributed by atoms with Crippen LogP contribution in [0.1, 0.15) is 93.2 Å². The molecule has 508 valence electrons. The number of hydrogen-bond donors (Lipinski definition) is 0. The van der Waals surface area contributed by atoms with E-state index in [1.807, 2.05) is 37.4 Å². The average Bonchev–Trinajstić information content (AvgIpc) is 2.42. The van der Waals surface area contributed by atoms with Crippen LogP contribution in [0.15, 0.2) is 48.5 Å². The molecule has 0 atom stereocenters. The molecule has 0 spiro atoms. The minimum Gasteiger partial charge on any atom is -0.491 e. The van der Waals surface area contributed by atoms with E-state index in [0.717, 1.165) is 24.3 Å². The van der Waals surface area contributed by atoms with Gasteiger partial charge in [0.25, 0.3) is 0 Å². The Hall–Kier alpha value is -2.46. The van der Waals surface area contributed by atoms with Gasteiger partial charge in [0.15, 0.2) is 0 Å². The summed E-state index contributed by atoms with van der Waals surface area (Å²) in [5, 5.41) is 0. The Kier molecular flexibility index (Phi) is 47.4. The van der Waals surface area contributed by atoms with Crippen LogP contribution in [0.4, 0.5) is 0 Å². The van der Waals surface area contributed by atoms with Crippen LogP contribution in [0.5, 0.6) is 11.5 Å². The highest BCUT2D eigenvalue weighted by molar-refractivity contribution is 6.64. The summed E-state index contributed by atoms with van der Waals surface area (Å²) in [5.74, 6) is 1.71. The van der Waals surface area contributed by atoms with E-state index in [0.29, 0.717) is 238 Å². The maximum Gasteiger partial charge on any atom is 0.331 e. The molecule has 0 radical (unpaired) electrons. The van der Waals surface area contributed by atoms with Crippen LogP contribution in [0.25, 0.3) is 0 Å². The van der Waals surface area contributed by atoms with Gasteiger partial charge in [0, 0.05) is 0 Å². The third kappa shape index (κ3) is 49.9. The lowest BCUT2D eigenvalue weighted by Gasteiger charge is -2.33. The lowest BCUT2D eigenvalue weighted by Crippen LogP contribution is -2.37. The Morgan fingerprint density at radius 3 is 0.563 bits per heavy atom. The van der Waals surface area contributed by atoms with Gasteiger partial charge < -0.3 is 94.1 Å². The van der Waals surface area contributed by atoms with Crippen LogP contribution < -0.4 is 9.47 Å². The van der Waals surface area contributed by atoms with Crippen LogP contribution >= 0.6 is 0 Å². The molecule has 87 heavy (non-hydrogen) atoms. The van der Waals surface area contributed by atoms with Crippen molar-refractivity contribution in [3.05, 3.63) is 59.7 Å². The summed E-state index contributed by atoms with van der Waals surface area (Å²) in [4.78, 5) is 0. The first-order valence-corrected chi connectivity index (χ1v) is 34.6. The molecule has 0 bridgehead atoms. The summed E-state index contributed by atoms with van der Waals surface area (Å²) in [5.41, 5.74) is 3.42. The molecule has 0 N–H and O–H groups in total. The molecular weight excluding hydrogens is 1140 g/mol. The smallest absolute Gasteiger partial charge is 0.331 e. The SMILES string of the molecule is CC(C)(C)CC(C)(C)c1ccc(OCCOCCOCCOCCOCCOCCOCCOCCOCCO[Si](C)(C)OCCOCCOCCOCCOCCOCCOCCOCCOCCOc2ccc(C(C)(C)CC(C)(C)C)cc2)cc1. The first-order valence-electron chi connectivity index (χ1n) is 31.8. The molecule has 20 nitrogen and oxygen atoms in total. The van der Waals surface area contributed by atoms with Crippen molar-refractivity contribution in [2.75, 3.05) is 238 Å². The molecule has 2 aromatic rings. The second kappa shape index (κ2) is 51.1.